The van der Waals surface area contributed by atoms with Crippen LogP contribution < -0.4 is 27.4 Å². The van der Waals surface area contributed by atoms with Crippen LogP contribution in [0.4, 0.5) is 0 Å². The highest BCUT2D eigenvalue weighted by molar-refractivity contribution is 5.94. The smallest absolute Gasteiger partial charge is 0.326 e. The van der Waals surface area contributed by atoms with Gasteiger partial charge in [0, 0.05) is 6.42 Å². The van der Waals surface area contributed by atoms with Crippen LogP contribution in [0.15, 0.2) is 30.3 Å². The lowest BCUT2D eigenvalue weighted by atomic mass is 10.1. The fraction of sp³-hybridized carbons (Fsp3) is 0.476. The van der Waals surface area contributed by atoms with Crippen LogP contribution in [0.25, 0.3) is 0 Å². The number of aliphatic carboxylic acids is 1. The van der Waals surface area contributed by atoms with Gasteiger partial charge in [-0.2, -0.15) is 0 Å². The molecule has 1 rings (SSSR count). The Labute approximate surface area is 195 Å². The van der Waals surface area contributed by atoms with Crippen molar-refractivity contribution in [2.24, 2.45) is 11.5 Å². The molecule has 0 fully saturated rings. The summed E-state index contributed by atoms with van der Waals surface area (Å²) in [5.74, 6) is -5.00. The summed E-state index contributed by atoms with van der Waals surface area (Å²) in [6, 6.07) is 3.24. The van der Waals surface area contributed by atoms with Crippen molar-refractivity contribution in [3.8, 4) is 0 Å². The van der Waals surface area contributed by atoms with Gasteiger partial charge in [-0.25, -0.2) is 4.79 Å². The number of hydrogen-bond acceptors (Lipinski definition) is 8. The minimum atomic E-state index is -1.62. The third-order valence-electron chi connectivity index (χ3n) is 4.81. The van der Waals surface area contributed by atoms with E-state index in [1.807, 2.05) is 0 Å². The zero-order chi connectivity index (χ0) is 25.8. The highest BCUT2D eigenvalue weighted by Crippen LogP contribution is 2.04. The van der Waals surface area contributed by atoms with E-state index in [0.717, 1.165) is 5.56 Å². The number of hydrogen-bond donors (Lipinski definition) is 8. The first-order valence-electron chi connectivity index (χ1n) is 10.5. The Kier molecular flexibility index (Phi) is 11.6. The number of nitrogens with two attached hydrogens (primary N) is 2. The molecule has 0 saturated carbocycles. The van der Waals surface area contributed by atoms with Crippen molar-refractivity contribution in [1.82, 2.24) is 16.0 Å². The molecule has 0 bridgehead atoms. The van der Waals surface area contributed by atoms with Crippen molar-refractivity contribution in [2.75, 3.05) is 6.61 Å². The first kappa shape index (κ1) is 28.5. The molecule has 188 valence electrons. The normalized spacial score (nSPS) is 15.2. The molecule has 0 spiro atoms. The molecular weight excluding hydrogens is 450 g/mol. The Morgan fingerprint density at radius 2 is 1.53 bits per heavy atom. The van der Waals surface area contributed by atoms with E-state index in [-0.39, 0.29) is 19.3 Å². The first-order chi connectivity index (χ1) is 16.0. The summed E-state index contributed by atoms with van der Waals surface area (Å²) in [4.78, 5) is 59.6. The fourth-order valence-corrected chi connectivity index (χ4v) is 2.90. The molecule has 0 aromatic heterocycles. The largest absolute Gasteiger partial charge is 0.480 e. The van der Waals surface area contributed by atoms with Gasteiger partial charge in [0.15, 0.2) is 0 Å². The molecule has 0 aliphatic heterocycles. The average molecular weight is 482 g/mol. The van der Waals surface area contributed by atoms with Gasteiger partial charge in [0.2, 0.25) is 23.6 Å². The lowest BCUT2D eigenvalue weighted by Crippen LogP contribution is -2.60. The summed E-state index contributed by atoms with van der Waals surface area (Å²) < 4.78 is 0. The number of nitrogens with one attached hydrogen (secondary N) is 3. The number of amides is 4. The van der Waals surface area contributed by atoms with Gasteiger partial charge in [-0.05, 0) is 25.3 Å². The predicted octanol–water partition coefficient (Wildman–Crippen LogP) is -3.27. The molecule has 13 nitrogen and oxygen atoms in total. The molecule has 1 aromatic carbocycles. The summed E-state index contributed by atoms with van der Waals surface area (Å²) in [5.41, 5.74) is 11.6. The van der Waals surface area contributed by atoms with Gasteiger partial charge in [0.25, 0.3) is 0 Å². The Morgan fingerprint density at radius 3 is 2.03 bits per heavy atom. The summed E-state index contributed by atoms with van der Waals surface area (Å²) in [7, 11) is 0. The van der Waals surface area contributed by atoms with E-state index < -0.39 is 66.5 Å². The van der Waals surface area contributed by atoms with Gasteiger partial charge >= 0.3 is 5.97 Å². The Hall–Kier alpha value is -3.55. The summed E-state index contributed by atoms with van der Waals surface area (Å²) in [5, 5.41) is 35.2. The maximum Gasteiger partial charge on any atom is 0.326 e. The van der Waals surface area contributed by atoms with Gasteiger partial charge < -0.3 is 42.7 Å². The number of rotatable bonds is 14. The molecule has 0 aliphatic rings. The maximum atomic E-state index is 12.5. The Morgan fingerprint density at radius 1 is 0.941 bits per heavy atom. The summed E-state index contributed by atoms with van der Waals surface area (Å²) in [6.07, 6.45) is -1.91. The van der Waals surface area contributed by atoms with Crippen LogP contribution in [0.3, 0.4) is 0 Å². The Balaban J connectivity index is 2.79. The molecule has 34 heavy (non-hydrogen) atoms. The molecule has 0 aliphatic carbocycles. The number of primary amides is 1. The van der Waals surface area contributed by atoms with Crippen LogP contribution in [0.1, 0.15) is 25.3 Å². The number of carbonyl (C=O) groups is 5. The number of aliphatic hydroxyl groups excluding tert-OH is 2. The second-order valence-electron chi connectivity index (χ2n) is 7.67. The maximum absolute atomic E-state index is 12.5. The number of carboxylic acid groups (broad SMARTS) is 1. The molecule has 5 atom stereocenters. The van der Waals surface area contributed by atoms with E-state index in [1.54, 1.807) is 30.3 Å². The highest BCUT2D eigenvalue weighted by Gasteiger charge is 2.32. The van der Waals surface area contributed by atoms with Gasteiger partial charge in [-0.3, -0.25) is 19.2 Å². The number of benzene rings is 1. The SMILES string of the molecule is CC(O)C(NC(=O)C(CO)NC(=O)C(N)Cc1ccccc1)C(=O)NC(CCC(N)=O)C(=O)O. The molecule has 5 unspecified atom stereocenters. The number of aliphatic hydroxyl groups is 2. The summed E-state index contributed by atoms with van der Waals surface area (Å²) in [6.45, 7) is 0.339. The minimum Gasteiger partial charge on any atom is -0.480 e. The highest BCUT2D eigenvalue weighted by atomic mass is 16.4. The zero-order valence-electron chi connectivity index (χ0n) is 18.6. The van der Waals surface area contributed by atoms with E-state index in [2.05, 4.69) is 16.0 Å². The van der Waals surface area contributed by atoms with E-state index >= 15 is 0 Å². The molecule has 0 heterocycles. The molecular formula is C21H31N5O8. The van der Waals surface area contributed by atoms with E-state index in [9.17, 15) is 39.3 Å². The van der Waals surface area contributed by atoms with Crippen LogP contribution in [0.2, 0.25) is 0 Å². The number of carboxylic acids is 1. The van der Waals surface area contributed by atoms with E-state index in [4.69, 9.17) is 11.5 Å². The van der Waals surface area contributed by atoms with Crippen LogP contribution in [0.5, 0.6) is 0 Å². The van der Waals surface area contributed by atoms with Gasteiger partial charge in [-0.1, -0.05) is 30.3 Å². The van der Waals surface area contributed by atoms with Gasteiger partial charge in [0.05, 0.1) is 18.8 Å². The van der Waals surface area contributed by atoms with Crippen molar-refractivity contribution in [2.45, 2.75) is 56.5 Å². The monoisotopic (exact) mass is 481 g/mol. The van der Waals surface area contributed by atoms with Crippen molar-refractivity contribution in [3.63, 3.8) is 0 Å². The predicted molar refractivity (Wildman–Crippen MR) is 119 cm³/mol. The summed E-state index contributed by atoms with van der Waals surface area (Å²) >= 11 is 0. The van der Waals surface area contributed by atoms with Crippen LogP contribution in [-0.4, -0.2) is 81.8 Å². The zero-order valence-corrected chi connectivity index (χ0v) is 18.6. The van der Waals surface area contributed by atoms with Crippen LogP contribution >= 0.6 is 0 Å². The van der Waals surface area contributed by atoms with Crippen molar-refractivity contribution in [3.05, 3.63) is 35.9 Å². The van der Waals surface area contributed by atoms with Crippen LogP contribution in [0, 0.1) is 0 Å². The second-order valence-corrected chi connectivity index (χ2v) is 7.67. The molecule has 10 N–H and O–H groups in total. The third-order valence-corrected chi connectivity index (χ3v) is 4.81. The molecule has 0 radical (unpaired) electrons. The molecule has 1 aromatic rings. The quantitative estimate of drug-likeness (QED) is 0.133. The average Bonchev–Trinajstić information content (AvgIpc) is 2.77. The lowest BCUT2D eigenvalue weighted by Gasteiger charge is -2.25. The van der Waals surface area contributed by atoms with Crippen molar-refractivity contribution < 1.29 is 39.3 Å². The lowest BCUT2D eigenvalue weighted by molar-refractivity contribution is -0.143. The van der Waals surface area contributed by atoms with Crippen molar-refractivity contribution in [1.29, 1.82) is 0 Å². The third kappa shape index (κ3) is 9.52. The standard InChI is InChI=1S/C21H31N5O8/c1-11(28)17(20(32)24-14(21(33)34)7-8-16(23)29)26-19(31)15(10-27)25-18(30)13(22)9-12-5-3-2-4-6-12/h2-6,11,13-15,17,27-28H,7-10,22H2,1H3,(H2,23,29)(H,24,32)(H,25,30)(H,26,31)(H,33,34). The fourth-order valence-electron chi connectivity index (χ4n) is 2.90. The first-order valence-corrected chi connectivity index (χ1v) is 10.5. The number of carbonyl (C=O) groups excluding carboxylic acids is 4. The molecule has 13 heteroatoms. The topological polar surface area (TPSA) is 234 Å². The van der Waals surface area contributed by atoms with Gasteiger partial charge in [-0.15, -0.1) is 0 Å². The van der Waals surface area contributed by atoms with Crippen molar-refractivity contribution >= 4 is 29.6 Å². The Bertz CT molecular complexity index is 864. The van der Waals surface area contributed by atoms with Crippen LogP contribution in [-0.2, 0) is 30.4 Å². The van der Waals surface area contributed by atoms with Gasteiger partial charge in [0.1, 0.15) is 18.1 Å². The molecule has 4 amide bonds. The van der Waals surface area contributed by atoms with E-state index in [1.165, 1.54) is 6.92 Å². The second kappa shape index (κ2) is 13.9. The minimum absolute atomic E-state index is 0.174. The molecule has 0 saturated heterocycles. The van der Waals surface area contributed by atoms with E-state index in [0.29, 0.717) is 0 Å².